The molecule has 0 bridgehead atoms. The molecule has 0 atom stereocenters. The maximum absolute atomic E-state index is 10.8. The summed E-state index contributed by atoms with van der Waals surface area (Å²) in [4.78, 5) is 21.6. The maximum atomic E-state index is 10.8. The van der Waals surface area contributed by atoms with Crippen LogP contribution in [0.4, 0.5) is 0 Å². The molecule has 0 rings (SSSR count). The van der Waals surface area contributed by atoms with Crippen molar-refractivity contribution in [3.8, 4) is 0 Å². The highest BCUT2D eigenvalue weighted by atomic mass is 16.5. The van der Waals surface area contributed by atoms with Crippen LogP contribution in [0.15, 0.2) is 0 Å². The van der Waals surface area contributed by atoms with Crippen molar-refractivity contribution in [2.45, 2.75) is 109 Å². The van der Waals surface area contributed by atoms with Gasteiger partial charge in [0.2, 0.25) is 11.8 Å². The van der Waals surface area contributed by atoms with Gasteiger partial charge < -0.3 is 0 Å². The van der Waals surface area contributed by atoms with E-state index in [1.165, 1.54) is 70.6 Å². The Balaban J connectivity index is 3.05. The molecule has 148 valence electrons. The van der Waals surface area contributed by atoms with Crippen molar-refractivity contribution in [1.82, 2.24) is 11.0 Å². The van der Waals surface area contributed by atoms with Gasteiger partial charge in [-0.25, -0.2) is 11.0 Å². The molecule has 0 aliphatic carbocycles. The minimum absolute atomic E-state index is 0.283. The molecule has 0 spiro atoms. The summed E-state index contributed by atoms with van der Waals surface area (Å²) in [6.07, 6.45) is 18.7. The third kappa shape index (κ3) is 19.0. The fourth-order valence-electron chi connectivity index (χ4n) is 2.98. The second-order valence-corrected chi connectivity index (χ2v) is 6.87. The summed E-state index contributed by atoms with van der Waals surface area (Å²) in [5.41, 5.74) is 3.32. The van der Waals surface area contributed by atoms with Crippen LogP contribution in [0.1, 0.15) is 109 Å². The summed E-state index contributed by atoms with van der Waals surface area (Å²) in [5, 5.41) is 16.7. The minimum atomic E-state index is -0.283. The van der Waals surface area contributed by atoms with Crippen molar-refractivity contribution in [3.05, 3.63) is 0 Å². The highest BCUT2D eigenvalue weighted by Crippen LogP contribution is 2.14. The zero-order valence-electron chi connectivity index (χ0n) is 15.7. The smallest absolute Gasteiger partial charge is 0.243 e. The summed E-state index contributed by atoms with van der Waals surface area (Å²) < 4.78 is 0. The molecule has 0 heterocycles. The SMILES string of the molecule is O=C(CCCCCCCCCCCCCCCCCC(=O)NO)NO. The maximum Gasteiger partial charge on any atom is 0.243 e. The van der Waals surface area contributed by atoms with Gasteiger partial charge in [-0.2, -0.15) is 0 Å². The van der Waals surface area contributed by atoms with Crippen LogP contribution in [0.2, 0.25) is 0 Å². The van der Waals surface area contributed by atoms with Gasteiger partial charge in [-0.15, -0.1) is 0 Å². The number of nitrogens with one attached hydrogen (secondary N) is 2. The highest BCUT2D eigenvalue weighted by molar-refractivity contribution is 5.74. The van der Waals surface area contributed by atoms with E-state index in [1.807, 2.05) is 0 Å². The van der Waals surface area contributed by atoms with E-state index in [0.29, 0.717) is 12.8 Å². The van der Waals surface area contributed by atoms with E-state index in [-0.39, 0.29) is 11.8 Å². The lowest BCUT2D eigenvalue weighted by Gasteiger charge is -2.03. The summed E-state index contributed by atoms with van der Waals surface area (Å²) in [5.74, 6) is -0.566. The summed E-state index contributed by atoms with van der Waals surface area (Å²) in [6, 6.07) is 0. The average Bonchev–Trinajstić information content (AvgIpc) is 2.63. The molecule has 0 saturated heterocycles. The topological polar surface area (TPSA) is 98.7 Å². The lowest BCUT2D eigenvalue weighted by Crippen LogP contribution is -2.17. The van der Waals surface area contributed by atoms with Crippen molar-refractivity contribution >= 4 is 11.8 Å². The van der Waals surface area contributed by atoms with Crippen molar-refractivity contribution in [2.24, 2.45) is 0 Å². The Kier molecular flexibility index (Phi) is 18.3. The second kappa shape index (κ2) is 19.2. The number of carbonyl (C=O) groups is 2. The van der Waals surface area contributed by atoms with Gasteiger partial charge in [-0.3, -0.25) is 20.0 Å². The van der Waals surface area contributed by atoms with Crippen LogP contribution in [0.25, 0.3) is 0 Å². The van der Waals surface area contributed by atoms with E-state index in [9.17, 15) is 9.59 Å². The number of carbonyl (C=O) groups excluding carboxylic acids is 2. The largest absolute Gasteiger partial charge is 0.289 e. The Morgan fingerprint density at radius 1 is 0.440 bits per heavy atom. The fraction of sp³-hybridized carbons (Fsp3) is 0.895. The van der Waals surface area contributed by atoms with Gasteiger partial charge in [0.05, 0.1) is 0 Å². The van der Waals surface area contributed by atoms with Crippen molar-refractivity contribution in [3.63, 3.8) is 0 Å². The van der Waals surface area contributed by atoms with Gasteiger partial charge in [-0.05, 0) is 12.8 Å². The molecule has 0 radical (unpaired) electrons. The molecule has 0 aromatic carbocycles. The molecule has 0 aliphatic rings. The molecule has 2 amide bonds. The van der Waals surface area contributed by atoms with Gasteiger partial charge in [-0.1, -0.05) is 83.5 Å². The Bertz CT molecular complexity index is 295. The van der Waals surface area contributed by atoms with E-state index >= 15 is 0 Å². The lowest BCUT2D eigenvalue weighted by atomic mass is 10.0. The van der Waals surface area contributed by atoms with Gasteiger partial charge >= 0.3 is 0 Å². The molecule has 0 fully saturated rings. The third-order valence-electron chi connectivity index (χ3n) is 4.56. The van der Waals surface area contributed by atoms with Crippen molar-refractivity contribution < 1.29 is 20.0 Å². The number of rotatable bonds is 18. The van der Waals surface area contributed by atoms with Crippen LogP contribution in [0, 0.1) is 0 Å². The molecule has 4 N–H and O–H groups in total. The number of amides is 2. The Morgan fingerprint density at radius 3 is 0.840 bits per heavy atom. The van der Waals surface area contributed by atoms with Gasteiger partial charge in [0, 0.05) is 12.8 Å². The Labute approximate surface area is 152 Å². The monoisotopic (exact) mass is 358 g/mol. The molecule has 0 saturated carbocycles. The van der Waals surface area contributed by atoms with E-state index in [1.54, 1.807) is 11.0 Å². The standard InChI is InChI=1S/C19H38N2O4/c22-18(20-24)16-14-12-10-8-6-4-2-1-3-5-7-9-11-13-15-17-19(23)21-25/h24-25H,1-17H2,(H,20,22)(H,21,23). The van der Waals surface area contributed by atoms with Gasteiger partial charge in [0.15, 0.2) is 0 Å². The second-order valence-electron chi connectivity index (χ2n) is 6.87. The molecule has 6 nitrogen and oxygen atoms in total. The summed E-state index contributed by atoms with van der Waals surface area (Å²) in [6.45, 7) is 0. The fourth-order valence-corrected chi connectivity index (χ4v) is 2.98. The first-order valence-electron chi connectivity index (χ1n) is 10.1. The molecule has 0 aromatic rings. The molecular weight excluding hydrogens is 320 g/mol. The number of hydrogen-bond donors (Lipinski definition) is 4. The summed E-state index contributed by atoms with van der Waals surface area (Å²) >= 11 is 0. The first-order chi connectivity index (χ1) is 12.2. The van der Waals surface area contributed by atoms with Crippen molar-refractivity contribution in [1.29, 1.82) is 0 Å². The predicted molar refractivity (Wildman–Crippen MR) is 98.3 cm³/mol. The van der Waals surface area contributed by atoms with Gasteiger partial charge in [0.25, 0.3) is 0 Å². The number of unbranched alkanes of at least 4 members (excludes halogenated alkanes) is 14. The molecule has 0 unspecified atom stereocenters. The van der Waals surface area contributed by atoms with E-state index < -0.39 is 0 Å². The Morgan fingerprint density at radius 2 is 0.640 bits per heavy atom. The number of hydroxylamine groups is 2. The van der Waals surface area contributed by atoms with Crippen molar-refractivity contribution in [2.75, 3.05) is 0 Å². The van der Waals surface area contributed by atoms with E-state index in [4.69, 9.17) is 10.4 Å². The zero-order chi connectivity index (χ0) is 18.6. The molecule has 0 aromatic heterocycles. The molecular formula is C19H38N2O4. The average molecular weight is 359 g/mol. The molecule has 0 aliphatic heterocycles. The van der Waals surface area contributed by atoms with Crippen LogP contribution in [-0.4, -0.2) is 22.2 Å². The van der Waals surface area contributed by atoms with Crippen LogP contribution < -0.4 is 11.0 Å². The molecule has 25 heavy (non-hydrogen) atoms. The first kappa shape index (κ1) is 23.9. The Hall–Kier alpha value is -1.14. The van der Waals surface area contributed by atoms with Gasteiger partial charge in [0.1, 0.15) is 0 Å². The minimum Gasteiger partial charge on any atom is -0.289 e. The van der Waals surface area contributed by atoms with E-state index in [0.717, 1.165) is 25.7 Å². The first-order valence-corrected chi connectivity index (χ1v) is 10.1. The number of hydrogen-bond acceptors (Lipinski definition) is 4. The predicted octanol–water partition coefficient (Wildman–Crippen LogP) is 4.63. The summed E-state index contributed by atoms with van der Waals surface area (Å²) in [7, 11) is 0. The lowest BCUT2D eigenvalue weighted by molar-refractivity contribution is -0.130. The van der Waals surface area contributed by atoms with Crippen LogP contribution in [0.5, 0.6) is 0 Å². The van der Waals surface area contributed by atoms with E-state index in [2.05, 4.69) is 0 Å². The van der Waals surface area contributed by atoms with Crippen LogP contribution >= 0.6 is 0 Å². The molecule has 6 heteroatoms. The third-order valence-corrected chi connectivity index (χ3v) is 4.56. The highest BCUT2D eigenvalue weighted by Gasteiger charge is 1.99. The van der Waals surface area contributed by atoms with Crippen LogP contribution in [-0.2, 0) is 9.59 Å². The van der Waals surface area contributed by atoms with Crippen LogP contribution in [0.3, 0.4) is 0 Å². The quantitative estimate of drug-likeness (QED) is 0.163. The normalized spacial score (nSPS) is 10.6. The zero-order valence-corrected chi connectivity index (χ0v) is 15.7.